The molecule has 29 heavy (non-hydrogen) atoms. The van der Waals surface area contributed by atoms with Crippen LogP contribution < -0.4 is 4.72 Å². The quantitative estimate of drug-likeness (QED) is 0.592. The van der Waals surface area contributed by atoms with Crippen molar-refractivity contribution in [3.05, 3.63) is 82.7 Å². The van der Waals surface area contributed by atoms with Crippen molar-refractivity contribution in [3.8, 4) is 0 Å². The first-order chi connectivity index (χ1) is 13.8. The number of benzene rings is 2. The topological polar surface area (TPSA) is 64.0 Å². The molecule has 1 atom stereocenters. The van der Waals surface area contributed by atoms with Gasteiger partial charge in [0.05, 0.1) is 17.1 Å². The molecule has 0 saturated heterocycles. The van der Waals surface area contributed by atoms with Crippen molar-refractivity contribution >= 4 is 10.0 Å². The summed E-state index contributed by atoms with van der Waals surface area (Å²) in [6.07, 6.45) is 1.02. The van der Waals surface area contributed by atoms with E-state index in [1.807, 2.05) is 48.9 Å². The zero-order valence-corrected chi connectivity index (χ0v) is 18.3. The standard InChI is InChI=1S/C23H29N3O2S/c1-5-17(2)21-11-13-22(14-12-21)29(27,28)24-15-23-18(3)25-26(19(23)4)16-20-9-7-6-8-10-20/h6-14,17,24H,5,15-16H2,1-4H3. The fourth-order valence-electron chi connectivity index (χ4n) is 3.36. The lowest BCUT2D eigenvalue weighted by Crippen LogP contribution is -2.24. The molecule has 0 aliphatic rings. The summed E-state index contributed by atoms with van der Waals surface area (Å²) in [7, 11) is -3.58. The monoisotopic (exact) mass is 411 g/mol. The van der Waals surface area contributed by atoms with Crippen molar-refractivity contribution in [1.82, 2.24) is 14.5 Å². The Morgan fingerprint density at radius 1 is 1.03 bits per heavy atom. The second kappa shape index (κ2) is 8.93. The average molecular weight is 412 g/mol. The van der Waals surface area contributed by atoms with Gasteiger partial charge < -0.3 is 0 Å². The summed E-state index contributed by atoms with van der Waals surface area (Å²) in [6.45, 7) is 9.05. The lowest BCUT2D eigenvalue weighted by molar-refractivity contribution is 0.580. The van der Waals surface area contributed by atoms with Gasteiger partial charge in [-0.15, -0.1) is 0 Å². The van der Waals surface area contributed by atoms with Crippen molar-refractivity contribution < 1.29 is 8.42 Å². The number of hydrogen-bond donors (Lipinski definition) is 1. The SMILES string of the molecule is CCC(C)c1ccc(S(=O)(=O)NCc2c(C)nn(Cc3ccccc3)c2C)cc1. The zero-order valence-electron chi connectivity index (χ0n) is 17.5. The summed E-state index contributed by atoms with van der Waals surface area (Å²) in [5.74, 6) is 0.417. The van der Waals surface area contributed by atoms with Crippen molar-refractivity contribution in [2.75, 3.05) is 0 Å². The van der Waals surface area contributed by atoms with Crippen LogP contribution in [0.5, 0.6) is 0 Å². The van der Waals surface area contributed by atoms with Gasteiger partial charge in [0.15, 0.2) is 0 Å². The van der Waals surface area contributed by atoms with Gasteiger partial charge in [0.1, 0.15) is 0 Å². The number of aromatic nitrogens is 2. The number of hydrogen-bond acceptors (Lipinski definition) is 3. The zero-order chi connectivity index (χ0) is 21.0. The average Bonchev–Trinajstić information content (AvgIpc) is 2.99. The van der Waals surface area contributed by atoms with Crippen LogP contribution in [-0.2, 0) is 23.1 Å². The first kappa shape index (κ1) is 21.3. The van der Waals surface area contributed by atoms with Gasteiger partial charge in [-0.1, -0.05) is 56.3 Å². The maximum Gasteiger partial charge on any atom is 0.240 e. The smallest absolute Gasteiger partial charge is 0.240 e. The molecule has 1 unspecified atom stereocenters. The van der Waals surface area contributed by atoms with Gasteiger partial charge in [0.25, 0.3) is 0 Å². The highest BCUT2D eigenvalue weighted by Gasteiger charge is 2.18. The molecule has 0 saturated carbocycles. The summed E-state index contributed by atoms with van der Waals surface area (Å²) >= 11 is 0. The van der Waals surface area contributed by atoms with E-state index in [1.165, 1.54) is 0 Å². The molecule has 5 nitrogen and oxygen atoms in total. The molecule has 0 amide bonds. The normalized spacial score (nSPS) is 12.8. The van der Waals surface area contributed by atoms with E-state index in [0.717, 1.165) is 34.5 Å². The summed E-state index contributed by atoms with van der Waals surface area (Å²) in [4.78, 5) is 0.288. The third-order valence-electron chi connectivity index (χ3n) is 5.52. The van der Waals surface area contributed by atoms with Crippen LogP contribution in [0.25, 0.3) is 0 Å². The van der Waals surface area contributed by atoms with Crippen LogP contribution in [0.1, 0.15) is 54.3 Å². The maximum absolute atomic E-state index is 12.7. The lowest BCUT2D eigenvalue weighted by Gasteiger charge is -2.11. The lowest BCUT2D eigenvalue weighted by atomic mass is 9.99. The molecular formula is C23H29N3O2S. The predicted octanol–water partition coefficient (Wildman–Crippen LogP) is 4.54. The van der Waals surface area contributed by atoms with Gasteiger partial charge in [0, 0.05) is 17.8 Å². The third-order valence-corrected chi connectivity index (χ3v) is 6.93. The molecule has 0 aliphatic heterocycles. The molecular weight excluding hydrogens is 382 g/mol. The second-order valence-electron chi connectivity index (χ2n) is 7.50. The molecule has 3 aromatic rings. The van der Waals surface area contributed by atoms with Crippen LogP contribution in [0.4, 0.5) is 0 Å². The molecule has 0 spiro atoms. The minimum absolute atomic E-state index is 0.224. The van der Waals surface area contributed by atoms with E-state index in [4.69, 9.17) is 0 Å². The van der Waals surface area contributed by atoms with Gasteiger partial charge >= 0.3 is 0 Å². The Bertz CT molecular complexity index is 1060. The fraction of sp³-hybridized carbons (Fsp3) is 0.348. The molecule has 6 heteroatoms. The number of nitrogens with zero attached hydrogens (tertiary/aromatic N) is 2. The van der Waals surface area contributed by atoms with E-state index in [1.54, 1.807) is 12.1 Å². The van der Waals surface area contributed by atoms with E-state index in [2.05, 4.69) is 35.8 Å². The van der Waals surface area contributed by atoms with Crippen LogP contribution in [0.15, 0.2) is 59.5 Å². The first-order valence-electron chi connectivity index (χ1n) is 9.98. The van der Waals surface area contributed by atoms with Gasteiger partial charge in [0.2, 0.25) is 10.0 Å². The molecule has 3 rings (SSSR count). The Kier molecular flexibility index (Phi) is 6.55. The van der Waals surface area contributed by atoms with E-state index in [-0.39, 0.29) is 11.4 Å². The van der Waals surface area contributed by atoms with Crippen molar-refractivity contribution in [2.24, 2.45) is 0 Å². The molecule has 1 heterocycles. The predicted molar refractivity (Wildman–Crippen MR) is 116 cm³/mol. The highest BCUT2D eigenvalue weighted by atomic mass is 32.2. The molecule has 0 fully saturated rings. The van der Waals surface area contributed by atoms with Gasteiger partial charge in [-0.3, -0.25) is 4.68 Å². The molecule has 0 bridgehead atoms. The molecule has 2 aromatic carbocycles. The fourth-order valence-corrected chi connectivity index (χ4v) is 4.36. The van der Waals surface area contributed by atoms with E-state index in [0.29, 0.717) is 12.5 Å². The number of aryl methyl sites for hydroxylation is 1. The van der Waals surface area contributed by atoms with E-state index < -0.39 is 10.0 Å². The number of nitrogens with one attached hydrogen (secondary N) is 1. The number of sulfonamides is 1. The Balaban J connectivity index is 1.73. The molecule has 1 N–H and O–H groups in total. The molecule has 154 valence electrons. The third kappa shape index (κ3) is 4.95. The summed E-state index contributed by atoms with van der Waals surface area (Å²) < 4.78 is 30.1. The van der Waals surface area contributed by atoms with Gasteiger partial charge in [-0.2, -0.15) is 5.10 Å². The second-order valence-corrected chi connectivity index (χ2v) is 9.26. The highest BCUT2D eigenvalue weighted by Crippen LogP contribution is 2.21. The minimum Gasteiger partial charge on any atom is -0.265 e. The Labute approximate surface area is 173 Å². The van der Waals surface area contributed by atoms with Crippen molar-refractivity contribution in [1.29, 1.82) is 0 Å². The maximum atomic E-state index is 12.7. The molecule has 0 aliphatic carbocycles. The first-order valence-corrected chi connectivity index (χ1v) is 11.5. The van der Waals surface area contributed by atoms with Crippen LogP contribution >= 0.6 is 0 Å². The van der Waals surface area contributed by atoms with E-state index in [9.17, 15) is 8.42 Å². The summed E-state index contributed by atoms with van der Waals surface area (Å²) in [5.41, 5.74) is 5.04. The Morgan fingerprint density at radius 2 is 1.69 bits per heavy atom. The van der Waals surface area contributed by atoms with Gasteiger partial charge in [-0.25, -0.2) is 13.1 Å². The highest BCUT2D eigenvalue weighted by molar-refractivity contribution is 7.89. The summed E-state index contributed by atoms with van der Waals surface area (Å²) in [5, 5.41) is 4.60. The van der Waals surface area contributed by atoms with Crippen molar-refractivity contribution in [2.45, 2.75) is 58.0 Å². The molecule has 0 radical (unpaired) electrons. The number of rotatable bonds is 8. The van der Waals surface area contributed by atoms with E-state index >= 15 is 0 Å². The van der Waals surface area contributed by atoms with Crippen molar-refractivity contribution in [3.63, 3.8) is 0 Å². The largest absolute Gasteiger partial charge is 0.265 e. The van der Waals surface area contributed by atoms with Gasteiger partial charge in [-0.05, 0) is 49.4 Å². The Hall–Kier alpha value is -2.44. The van der Waals surface area contributed by atoms with Crippen LogP contribution in [0.3, 0.4) is 0 Å². The molecule has 1 aromatic heterocycles. The van der Waals surface area contributed by atoms with Crippen LogP contribution in [-0.4, -0.2) is 18.2 Å². The summed E-state index contributed by atoms with van der Waals surface area (Å²) in [6, 6.07) is 17.3. The van der Waals surface area contributed by atoms with Crippen LogP contribution in [0.2, 0.25) is 0 Å². The van der Waals surface area contributed by atoms with Crippen LogP contribution in [0, 0.1) is 13.8 Å². The Morgan fingerprint density at radius 3 is 2.31 bits per heavy atom. The minimum atomic E-state index is -3.58.